The first-order valence-electron chi connectivity index (χ1n) is 10.6. The van der Waals surface area contributed by atoms with Crippen molar-refractivity contribution in [2.75, 3.05) is 31.1 Å². The molecule has 0 unspecified atom stereocenters. The highest BCUT2D eigenvalue weighted by molar-refractivity contribution is 5.78. The third kappa shape index (κ3) is 4.17. The molecular formula is C24H27FN4O2. The van der Waals surface area contributed by atoms with Crippen molar-refractivity contribution in [3.63, 3.8) is 0 Å². The van der Waals surface area contributed by atoms with E-state index in [2.05, 4.69) is 4.98 Å². The van der Waals surface area contributed by atoms with Gasteiger partial charge in [-0.25, -0.2) is 9.37 Å². The van der Waals surface area contributed by atoms with Crippen molar-refractivity contribution in [1.29, 1.82) is 0 Å². The van der Waals surface area contributed by atoms with E-state index in [4.69, 9.17) is 0 Å². The molecule has 6 nitrogen and oxygen atoms in total. The van der Waals surface area contributed by atoms with Gasteiger partial charge in [0.05, 0.1) is 16.7 Å². The first-order valence-corrected chi connectivity index (χ1v) is 10.6. The zero-order chi connectivity index (χ0) is 22.1. The van der Waals surface area contributed by atoms with Crippen LogP contribution >= 0.6 is 0 Å². The van der Waals surface area contributed by atoms with E-state index in [1.54, 1.807) is 28.5 Å². The maximum absolute atomic E-state index is 14.0. The van der Waals surface area contributed by atoms with Crippen molar-refractivity contribution in [3.8, 4) is 0 Å². The number of benzene rings is 2. The number of aromatic nitrogens is 2. The lowest BCUT2D eigenvalue weighted by Crippen LogP contribution is -2.49. The number of para-hydroxylation sites is 1. The molecule has 0 spiro atoms. The summed E-state index contributed by atoms with van der Waals surface area (Å²) in [6, 6.07) is 10.7. The van der Waals surface area contributed by atoms with E-state index in [0.717, 1.165) is 22.2 Å². The number of aryl methyl sites for hydroxylation is 4. The lowest BCUT2D eigenvalue weighted by atomic mass is 10.1. The summed E-state index contributed by atoms with van der Waals surface area (Å²) in [4.78, 5) is 33.8. The van der Waals surface area contributed by atoms with Crippen molar-refractivity contribution in [2.24, 2.45) is 0 Å². The molecule has 2 aromatic carbocycles. The van der Waals surface area contributed by atoms with Crippen LogP contribution in [-0.2, 0) is 11.3 Å². The van der Waals surface area contributed by atoms with E-state index in [-0.39, 0.29) is 23.7 Å². The molecule has 0 bridgehead atoms. The molecule has 1 saturated heterocycles. The lowest BCUT2D eigenvalue weighted by Gasteiger charge is -2.36. The number of rotatable bonds is 4. The Labute approximate surface area is 180 Å². The second-order valence-corrected chi connectivity index (χ2v) is 8.15. The highest BCUT2D eigenvalue weighted by Gasteiger charge is 2.23. The summed E-state index contributed by atoms with van der Waals surface area (Å²) in [5.74, 6) is -0.237. The topological polar surface area (TPSA) is 58.4 Å². The monoisotopic (exact) mass is 422 g/mol. The van der Waals surface area contributed by atoms with Crippen LogP contribution in [0.15, 0.2) is 41.2 Å². The number of hydrogen-bond donors (Lipinski definition) is 0. The Kier molecular flexibility index (Phi) is 5.76. The molecule has 31 heavy (non-hydrogen) atoms. The molecule has 0 aliphatic carbocycles. The first kappa shape index (κ1) is 21.0. The van der Waals surface area contributed by atoms with Crippen LogP contribution in [0.2, 0.25) is 0 Å². The van der Waals surface area contributed by atoms with E-state index in [9.17, 15) is 14.0 Å². The van der Waals surface area contributed by atoms with E-state index >= 15 is 0 Å². The van der Waals surface area contributed by atoms with Crippen LogP contribution in [0.3, 0.4) is 0 Å². The summed E-state index contributed by atoms with van der Waals surface area (Å²) in [7, 11) is 0. The third-order valence-corrected chi connectivity index (χ3v) is 6.10. The number of fused-ring (bicyclic) bond motifs is 1. The highest BCUT2D eigenvalue weighted by Crippen LogP contribution is 2.21. The number of piperazine rings is 1. The molecule has 0 saturated carbocycles. The van der Waals surface area contributed by atoms with E-state index in [1.165, 1.54) is 6.07 Å². The number of carbonyl (C=O) groups excluding carboxylic acids is 1. The predicted molar refractivity (Wildman–Crippen MR) is 120 cm³/mol. The Morgan fingerprint density at radius 1 is 1.03 bits per heavy atom. The second-order valence-electron chi connectivity index (χ2n) is 8.15. The molecule has 1 aliphatic heterocycles. The molecule has 0 radical (unpaired) electrons. The van der Waals surface area contributed by atoms with Gasteiger partial charge in [-0.2, -0.15) is 0 Å². The largest absolute Gasteiger partial charge is 0.366 e. The van der Waals surface area contributed by atoms with Crippen molar-refractivity contribution >= 4 is 22.6 Å². The summed E-state index contributed by atoms with van der Waals surface area (Å²) in [5, 5.41) is 0. The molecular weight excluding hydrogens is 395 g/mol. The van der Waals surface area contributed by atoms with Crippen LogP contribution in [0.4, 0.5) is 10.1 Å². The summed E-state index contributed by atoms with van der Waals surface area (Å²) in [5.41, 5.74) is 4.58. The maximum atomic E-state index is 14.0. The molecule has 3 aromatic rings. The quantitative estimate of drug-likeness (QED) is 0.648. The Morgan fingerprint density at radius 3 is 2.42 bits per heavy atom. The maximum Gasteiger partial charge on any atom is 0.272 e. The van der Waals surface area contributed by atoms with E-state index in [1.807, 2.05) is 36.9 Å². The van der Waals surface area contributed by atoms with Gasteiger partial charge in [0.2, 0.25) is 5.91 Å². The van der Waals surface area contributed by atoms with E-state index < -0.39 is 0 Å². The third-order valence-electron chi connectivity index (χ3n) is 6.10. The minimum absolute atomic E-state index is 0.00605. The Bertz CT molecular complexity index is 1200. The Morgan fingerprint density at radius 2 is 1.71 bits per heavy atom. The molecule has 0 atom stereocenters. The van der Waals surface area contributed by atoms with Gasteiger partial charge in [0, 0.05) is 39.1 Å². The van der Waals surface area contributed by atoms with Gasteiger partial charge < -0.3 is 14.4 Å². The number of carbonyl (C=O) groups is 1. The summed E-state index contributed by atoms with van der Waals surface area (Å²) >= 11 is 0. The molecule has 162 valence electrons. The van der Waals surface area contributed by atoms with Gasteiger partial charge in [0.25, 0.3) is 5.56 Å². The highest BCUT2D eigenvalue weighted by atomic mass is 19.1. The van der Waals surface area contributed by atoms with Gasteiger partial charge in [0.15, 0.2) is 0 Å². The zero-order valence-electron chi connectivity index (χ0n) is 18.2. The summed E-state index contributed by atoms with van der Waals surface area (Å²) in [6.45, 7) is 8.29. The average Bonchev–Trinajstić information content (AvgIpc) is 2.76. The molecule has 7 heteroatoms. The fourth-order valence-electron chi connectivity index (χ4n) is 4.12. The predicted octanol–water partition coefficient (Wildman–Crippen LogP) is 3.20. The molecule has 1 aliphatic rings. The molecule has 1 fully saturated rings. The zero-order valence-corrected chi connectivity index (χ0v) is 18.2. The molecule has 1 aromatic heterocycles. The first-order chi connectivity index (χ1) is 14.8. The molecule has 2 heterocycles. The van der Waals surface area contributed by atoms with Crippen molar-refractivity contribution in [1.82, 2.24) is 14.5 Å². The van der Waals surface area contributed by atoms with Gasteiger partial charge in [-0.15, -0.1) is 0 Å². The average molecular weight is 423 g/mol. The van der Waals surface area contributed by atoms with Crippen molar-refractivity contribution in [3.05, 3.63) is 69.4 Å². The van der Waals surface area contributed by atoms with Gasteiger partial charge in [-0.1, -0.05) is 12.1 Å². The van der Waals surface area contributed by atoms with Crippen LogP contribution < -0.4 is 10.5 Å². The van der Waals surface area contributed by atoms with Crippen LogP contribution in [0, 0.1) is 26.6 Å². The second kappa shape index (κ2) is 8.49. The number of anilines is 1. The standard InChI is InChI=1S/C24H27FN4O2/c1-16-14-20-22(15-17(16)2)29(24(31)18(3)26-20)9-8-23(30)28-12-10-27(11-13-28)21-7-5-4-6-19(21)25/h4-7,14-15H,8-13H2,1-3H3. The smallest absolute Gasteiger partial charge is 0.272 e. The number of halogens is 1. The molecule has 0 N–H and O–H groups in total. The fourth-order valence-corrected chi connectivity index (χ4v) is 4.12. The lowest BCUT2D eigenvalue weighted by molar-refractivity contribution is -0.131. The van der Waals surface area contributed by atoms with Gasteiger partial charge >= 0.3 is 0 Å². The minimum atomic E-state index is -0.243. The van der Waals surface area contributed by atoms with Crippen molar-refractivity contribution in [2.45, 2.75) is 33.7 Å². The van der Waals surface area contributed by atoms with E-state index in [0.29, 0.717) is 44.1 Å². The number of nitrogens with zero attached hydrogens (tertiary/aromatic N) is 4. The van der Waals surface area contributed by atoms with Crippen LogP contribution in [0.1, 0.15) is 23.2 Å². The molecule has 4 rings (SSSR count). The van der Waals surface area contributed by atoms with Gasteiger partial charge in [-0.05, 0) is 56.2 Å². The number of amides is 1. The van der Waals surface area contributed by atoms with Crippen LogP contribution in [0.5, 0.6) is 0 Å². The van der Waals surface area contributed by atoms with Gasteiger partial charge in [-0.3, -0.25) is 9.59 Å². The Hall–Kier alpha value is -3.22. The SMILES string of the molecule is Cc1cc2nc(C)c(=O)n(CCC(=O)N3CCN(c4ccccc4F)CC3)c2cc1C. The normalized spacial score (nSPS) is 14.3. The van der Waals surface area contributed by atoms with Crippen LogP contribution in [-0.4, -0.2) is 46.5 Å². The summed E-state index contributed by atoms with van der Waals surface area (Å²) < 4.78 is 15.7. The van der Waals surface area contributed by atoms with Gasteiger partial charge in [0.1, 0.15) is 11.5 Å². The van der Waals surface area contributed by atoms with Crippen LogP contribution in [0.25, 0.3) is 11.0 Å². The Balaban J connectivity index is 1.46. The fraction of sp³-hybridized carbons (Fsp3) is 0.375. The number of hydrogen-bond acceptors (Lipinski definition) is 4. The van der Waals surface area contributed by atoms with Crippen molar-refractivity contribution < 1.29 is 9.18 Å². The summed E-state index contributed by atoms with van der Waals surface area (Å²) in [6.07, 6.45) is 0.241. The molecule has 1 amide bonds. The minimum Gasteiger partial charge on any atom is -0.366 e.